The van der Waals surface area contributed by atoms with Crippen LogP contribution in [0.25, 0.3) is 11.4 Å². The maximum atomic E-state index is 13.0. The van der Waals surface area contributed by atoms with E-state index in [0.29, 0.717) is 21.9 Å². The Bertz CT molecular complexity index is 805. The van der Waals surface area contributed by atoms with Gasteiger partial charge in [0.1, 0.15) is 17.3 Å². The highest BCUT2D eigenvalue weighted by Gasteiger charge is 2.10. The monoisotopic (exact) mass is 378 g/mol. The molecule has 7 heteroatoms. The van der Waals surface area contributed by atoms with E-state index in [1.54, 1.807) is 7.11 Å². The van der Waals surface area contributed by atoms with Crippen molar-refractivity contribution in [3.05, 3.63) is 58.6 Å². The van der Waals surface area contributed by atoms with Gasteiger partial charge in [-0.1, -0.05) is 5.16 Å². The SMILES string of the molecule is COc1ccc(-c2noc(COc3ccc(F)cc3Br)n2)cc1. The van der Waals surface area contributed by atoms with Crippen molar-refractivity contribution in [3.8, 4) is 22.9 Å². The first-order valence-electron chi connectivity index (χ1n) is 6.70. The van der Waals surface area contributed by atoms with Gasteiger partial charge in [0, 0.05) is 5.56 Å². The standard InChI is InChI=1S/C16H12BrFN2O3/c1-21-12-5-2-10(3-6-12)16-19-15(23-20-16)9-22-14-7-4-11(18)8-13(14)17/h2-8H,9H2,1H3. The van der Waals surface area contributed by atoms with Crippen LogP contribution in [0.15, 0.2) is 51.5 Å². The Morgan fingerprint density at radius 3 is 2.65 bits per heavy atom. The molecule has 23 heavy (non-hydrogen) atoms. The molecule has 0 aliphatic heterocycles. The Morgan fingerprint density at radius 2 is 1.96 bits per heavy atom. The van der Waals surface area contributed by atoms with Crippen LogP contribution in [0.1, 0.15) is 5.89 Å². The zero-order valence-corrected chi connectivity index (χ0v) is 13.7. The first-order chi connectivity index (χ1) is 11.2. The first kappa shape index (κ1) is 15.5. The molecular formula is C16H12BrFN2O3. The molecule has 0 saturated heterocycles. The molecule has 0 aliphatic carbocycles. The average Bonchev–Trinajstić information content (AvgIpc) is 3.03. The van der Waals surface area contributed by atoms with Crippen molar-refractivity contribution >= 4 is 15.9 Å². The molecule has 0 bridgehead atoms. The molecule has 1 aromatic heterocycles. The minimum atomic E-state index is -0.344. The number of hydrogen-bond acceptors (Lipinski definition) is 5. The summed E-state index contributed by atoms with van der Waals surface area (Å²) in [5.41, 5.74) is 0.809. The fourth-order valence-corrected chi connectivity index (χ4v) is 2.37. The molecule has 5 nitrogen and oxygen atoms in total. The Kier molecular flexibility index (Phi) is 4.57. The summed E-state index contributed by atoms with van der Waals surface area (Å²) in [7, 11) is 1.60. The summed E-state index contributed by atoms with van der Waals surface area (Å²) < 4.78 is 29.3. The molecule has 0 spiro atoms. The molecule has 0 amide bonds. The van der Waals surface area contributed by atoms with Crippen molar-refractivity contribution in [2.24, 2.45) is 0 Å². The second-order valence-electron chi connectivity index (χ2n) is 4.60. The number of methoxy groups -OCH3 is 1. The molecule has 2 aromatic carbocycles. The minimum Gasteiger partial charge on any atom is -0.497 e. The number of hydrogen-bond donors (Lipinski definition) is 0. The van der Waals surface area contributed by atoms with Crippen LogP contribution in [0, 0.1) is 5.82 Å². The molecule has 0 saturated carbocycles. The predicted molar refractivity (Wildman–Crippen MR) is 84.7 cm³/mol. The van der Waals surface area contributed by atoms with E-state index in [1.165, 1.54) is 18.2 Å². The lowest BCUT2D eigenvalue weighted by atomic mass is 10.2. The van der Waals surface area contributed by atoms with Gasteiger partial charge in [-0.25, -0.2) is 4.39 Å². The summed E-state index contributed by atoms with van der Waals surface area (Å²) in [6, 6.07) is 11.5. The van der Waals surface area contributed by atoms with Gasteiger partial charge in [-0.15, -0.1) is 0 Å². The van der Waals surface area contributed by atoms with Crippen molar-refractivity contribution < 1.29 is 18.4 Å². The van der Waals surface area contributed by atoms with E-state index in [0.717, 1.165) is 11.3 Å². The van der Waals surface area contributed by atoms with Crippen LogP contribution in [0.2, 0.25) is 0 Å². The van der Waals surface area contributed by atoms with Gasteiger partial charge < -0.3 is 14.0 Å². The Hall–Kier alpha value is -2.41. The van der Waals surface area contributed by atoms with Gasteiger partial charge in [0.2, 0.25) is 5.82 Å². The lowest BCUT2D eigenvalue weighted by molar-refractivity contribution is 0.241. The fourth-order valence-electron chi connectivity index (χ4n) is 1.90. The second-order valence-corrected chi connectivity index (χ2v) is 5.46. The van der Waals surface area contributed by atoms with Crippen LogP contribution < -0.4 is 9.47 Å². The van der Waals surface area contributed by atoms with E-state index < -0.39 is 0 Å². The van der Waals surface area contributed by atoms with Crippen molar-refractivity contribution in [2.45, 2.75) is 6.61 Å². The van der Waals surface area contributed by atoms with E-state index in [-0.39, 0.29) is 12.4 Å². The van der Waals surface area contributed by atoms with Crippen LogP contribution in [0.5, 0.6) is 11.5 Å². The quantitative estimate of drug-likeness (QED) is 0.664. The van der Waals surface area contributed by atoms with Gasteiger partial charge >= 0.3 is 0 Å². The van der Waals surface area contributed by atoms with Crippen LogP contribution in [-0.2, 0) is 6.61 Å². The number of aromatic nitrogens is 2. The van der Waals surface area contributed by atoms with Gasteiger partial charge in [0.05, 0.1) is 11.6 Å². The van der Waals surface area contributed by atoms with Gasteiger partial charge in [0.25, 0.3) is 5.89 Å². The first-order valence-corrected chi connectivity index (χ1v) is 7.50. The third-order valence-electron chi connectivity index (χ3n) is 3.06. The third-order valence-corrected chi connectivity index (χ3v) is 3.68. The van der Waals surface area contributed by atoms with Gasteiger partial charge in [-0.3, -0.25) is 0 Å². The highest BCUT2D eigenvalue weighted by molar-refractivity contribution is 9.10. The number of nitrogens with zero attached hydrogens (tertiary/aromatic N) is 2. The smallest absolute Gasteiger partial charge is 0.264 e. The van der Waals surface area contributed by atoms with Crippen molar-refractivity contribution in [1.29, 1.82) is 0 Å². The molecular weight excluding hydrogens is 367 g/mol. The molecule has 3 rings (SSSR count). The zero-order valence-electron chi connectivity index (χ0n) is 12.1. The van der Waals surface area contributed by atoms with Gasteiger partial charge in [-0.05, 0) is 58.4 Å². The van der Waals surface area contributed by atoms with E-state index >= 15 is 0 Å². The Balaban J connectivity index is 1.69. The fraction of sp³-hybridized carbons (Fsp3) is 0.125. The molecule has 1 heterocycles. The summed E-state index contributed by atoms with van der Waals surface area (Å²) in [5.74, 6) is 1.69. The average molecular weight is 379 g/mol. The maximum absolute atomic E-state index is 13.0. The number of halogens is 2. The molecule has 3 aromatic rings. The molecule has 0 N–H and O–H groups in total. The van der Waals surface area contributed by atoms with Gasteiger partial charge in [0.15, 0.2) is 6.61 Å². The number of rotatable bonds is 5. The zero-order chi connectivity index (χ0) is 16.2. The molecule has 0 atom stereocenters. The lowest BCUT2D eigenvalue weighted by Gasteiger charge is -2.05. The van der Waals surface area contributed by atoms with E-state index in [9.17, 15) is 4.39 Å². The summed E-state index contributed by atoms with van der Waals surface area (Å²) in [5, 5.41) is 3.91. The largest absolute Gasteiger partial charge is 0.497 e. The third kappa shape index (κ3) is 3.68. The summed E-state index contributed by atoms with van der Waals surface area (Å²) in [6.45, 7) is 0.0907. The van der Waals surface area contributed by atoms with Gasteiger partial charge in [-0.2, -0.15) is 4.98 Å². The van der Waals surface area contributed by atoms with Crippen molar-refractivity contribution in [1.82, 2.24) is 10.1 Å². The lowest BCUT2D eigenvalue weighted by Crippen LogP contribution is -1.96. The molecule has 0 radical (unpaired) electrons. The molecule has 0 unspecified atom stereocenters. The Labute approximate surface area is 140 Å². The second kappa shape index (κ2) is 6.78. The Morgan fingerprint density at radius 1 is 1.17 bits per heavy atom. The van der Waals surface area contributed by atoms with E-state index in [4.69, 9.17) is 14.0 Å². The van der Waals surface area contributed by atoms with Crippen molar-refractivity contribution in [2.75, 3.05) is 7.11 Å². The maximum Gasteiger partial charge on any atom is 0.264 e. The number of ether oxygens (including phenoxy) is 2. The summed E-state index contributed by atoms with van der Waals surface area (Å²) in [4.78, 5) is 4.27. The van der Waals surface area contributed by atoms with Crippen LogP contribution in [-0.4, -0.2) is 17.3 Å². The highest BCUT2D eigenvalue weighted by atomic mass is 79.9. The summed E-state index contributed by atoms with van der Waals surface area (Å²) >= 11 is 3.23. The molecule has 0 fully saturated rings. The van der Waals surface area contributed by atoms with Crippen LogP contribution >= 0.6 is 15.9 Å². The predicted octanol–water partition coefficient (Wildman–Crippen LogP) is 4.23. The van der Waals surface area contributed by atoms with Crippen LogP contribution in [0.3, 0.4) is 0 Å². The minimum absolute atomic E-state index is 0.0907. The normalized spacial score (nSPS) is 10.6. The molecule has 0 aliphatic rings. The van der Waals surface area contributed by atoms with Crippen LogP contribution in [0.4, 0.5) is 4.39 Å². The topological polar surface area (TPSA) is 57.4 Å². The van der Waals surface area contributed by atoms with E-state index in [2.05, 4.69) is 26.1 Å². The number of benzene rings is 2. The van der Waals surface area contributed by atoms with E-state index in [1.807, 2.05) is 24.3 Å². The van der Waals surface area contributed by atoms with Crippen molar-refractivity contribution in [3.63, 3.8) is 0 Å². The summed E-state index contributed by atoms with van der Waals surface area (Å²) in [6.07, 6.45) is 0. The highest BCUT2D eigenvalue weighted by Crippen LogP contribution is 2.26. The molecule has 118 valence electrons.